The molecule has 0 saturated heterocycles. The summed E-state index contributed by atoms with van der Waals surface area (Å²) in [6.07, 6.45) is 5.61. The highest BCUT2D eigenvalue weighted by Gasteiger charge is 2.18. The molecule has 0 aromatic carbocycles. The van der Waals surface area contributed by atoms with Gasteiger partial charge in [0.15, 0.2) is 0 Å². The van der Waals surface area contributed by atoms with Gasteiger partial charge in [-0.1, -0.05) is 31.4 Å². The molecule has 1 unspecified atom stereocenters. The van der Waals surface area contributed by atoms with Gasteiger partial charge in [-0.05, 0) is 50.3 Å². The standard InChI is InChI=1S/C14H22ClNS/c1-10-3-5-12(6-4-10)9-16-11(2)13-7-8-14(15)17-13/h7-8,10-12,16H,3-6,9H2,1-2H3. The summed E-state index contributed by atoms with van der Waals surface area (Å²) < 4.78 is 0.889. The zero-order chi connectivity index (χ0) is 12.3. The fourth-order valence-electron chi connectivity index (χ4n) is 2.54. The van der Waals surface area contributed by atoms with Crippen molar-refractivity contribution in [2.24, 2.45) is 11.8 Å². The zero-order valence-corrected chi connectivity index (χ0v) is 12.3. The Kier molecular flexibility index (Phi) is 4.89. The lowest BCUT2D eigenvalue weighted by molar-refractivity contribution is 0.276. The molecule has 1 aliphatic rings. The van der Waals surface area contributed by atoms with E-state index in [1.54, 1.807) is 11.3 Å². The van der Waals surface area contributed by atoms with E-state index in [1.807, 2.05) is 6.07 Å². The lowest BCUT2D eigenvalue weighted by Gasteiger charge is -2.27. The molecule has 17 heavy (non-hydrogen) atoms. The molecule has 1 nitrogen and oxygen atoms in total. The fraction of sp³-hybridized carbons (Fsp3) is 0.714. The monoisotopic (exact) mass is 271 g/mol. The number of rotatable bonds is 4. The first kappa shape index (κ1) is 13.4. The Bertz CT molecular complexity index is 342. The van der Waals surface area contributed by atoms with Crippen LogP contribution in [0.3, 0.4) is 0 Å². The highest BCUT2D eigenvalue weighted by Crippen LogP contribution is 2.29. The third-order valence-corrected chi connectivity index (χ3v) is 5.28. The topological polar surface area (TPSA) is 12.0 Å². The third kappa shape index (κ3) is 3.97. The van der Waals surface area contributed by atoms with E-state index >= 15 is 0 Å². The van der Waals surface area contributed by atoms with Crippen LogP contribution in [0.2, 0.25) is 4.34 Å². The minimum absolute atomic E-state index is 0.437. The maximum Gasteiger partial charge on any atom is 0.0931 e. The molecule has 1 aromatic heterocycles. The number of nitrogens with one attached hydrogen (secondary N) is 1. The Hall–Kier alpha value is -0.0500. The minimum Gasteiger partial charge on any atom is -0.309 e. The number of thiophene rings is 1. The normalized spacial score (nSPS) is 27.0. The van der Waals surface area contributed by atoms with Gasteiger partial charge in [-0.2, -0.15) is 0 Å². The molecule has 0 bridgehead atoms. The van der Waals surface area contributed by atoms with Gasteiger partial charge in [0.05, 0.1) is 4.34 Å². The molecule has 3 heteroatoms. The van der Waals surface area contributed by atoms with Gasteiger partial charge in [0.25, 0.3) is 0 Å². The summed E-state index contributed by atoms with van der Waals surface area (Å²) >= 11 is 7.65. The quantitative estimate of drug-likeness (QED) is 0.823. The summed E-state index contributed by atoms with van der Waals surface area (Å²) in [6, 6.07) is 4.56. The van der Waals surface area contributed by atoms with E-state index in [2.05, 4.69) is 25.2 Å². The van der Waals surface area contributed by atoms with Gasteiger partial charge < -0.3 is 5.32 Å². The minimum atomic E-state index is 0.437. The van der Waals surface area contributed by atoms with Crippen LogP contribution in [0.15, 0.2) is 12.1 Å². The molecule has 2 rings (SSSR count). The first-order chi connectivity index (χ1) is 8.15. The summed E-state index contributed by atoms with van der Waals surface area (Å²) in [5.41, 5.74) is 0. The van der Waals surface area contributed by atoms with Crippen LogP contribution in [-0.4, -0.2) is 6.54 Å². The van der Waals surface area contributed by atoms with E-state index in [0.717, 1.165) is 22.7 Å². The highest BCUT2D eigenvalue weighted by atomic mass is 35.5. The van der Waals surface area contributed by atoms with E-state index in [0.29, 0.717) is 6.04 Å². The second-order valence-corrected chi connectivity index (χ2v) is 7.14. The molecule has 1 heterocycles. The molecule has 1 N–H and O–H groups in total. The van der Waals surface area contributed by atoms with Crippen LogP contribution >= 0.6 is 22.9 Å². The number of halogens is 1. The van der Waals surface area contributed by atoms with Crippen molar-refractivity contribution in [2.75, 3.05) is 6.54 Å². The Morgan fingerprint density at radius 2 is 2.06 bits per heavy atom. The van der Waals surface area contributed by atoms with Gasteiger partial charge in [-0.15, -0.1) is 11.3 Å². The first-order valence-electron chi connectivity index (χ1n) is 6.63. The van der Waals surface area contributed by atoms with Crippen molar-refractivity contribution in [1.29, 1.82) is 0 Å². The second kappa shape index (κ2) is 6.21. The number of hydrogen-bond donors (Lipinski definition) is 1. The van der Waals surface area contributed by atoms with Gasteiger partial charge in [0, 0.05) is 10.9 Å². The van der Waals surface area contributed by atoms with Gasteiger partial charge in [-0.25, -0.2) is 0 Å². The predicted molar refractivity (Wildman–Crippen MR) is 76.9 cm³/mol. The Morgan fingerprint density at radius 1 is 1.35 bits per heavy atom. The lowest BCUT2D eigenvalue weighted by atomic mass is 9.83. The summed E-state index contributed by atoms with van der Waals surface area (Å²) in [7, 11) is 0. The van der Waals surface area contributed by atoms with Crippen molar-refractivity contribution < 1.29 is 0 Å². The van der Waals surface area contributed by atoms with Crippen molar-refractivity contribution in [2.45, 2.75) is 45.6 Å². The van der Waals surface area contributed by atoms with Crippen LogP contribution in [0, 0.1) is 11.8 Å². The molecule has 0 spiro atoms. The van der Waals surface area contributed by atoms with Crippen molar-refractivity contribution in [3.63, 3.8) is 0 Å². The van der Waals surface area contributed by atoms with Crippen molar-refractivity contribution in [1.82, 2.24) is 5.32 Å². The molecule has 1 aromatic rings. The SMILES string of the molecule is CC1CCC(CNC(C)c2ccc(Cl)s2)CC1. The molecule has 1 fully saturated rings. The van der Waals surface area contributed by atoms with Crippen LogP contribution < -0.4 is 5.32 Å². The van der Waals surface area contributed by atoms with Gasteiger partial charge in [0.1, 0.15) is 0 Å². The molecule has 1 saturated carbocycles. The molecule has 1 atom stereocenters. The van der Waals surface area contributed by atoms with Gasteiger partial charge >= 0.3 is 0 Å². The average Bonchev–Trinajstić information content (AvgIpc) is 2.75. The maximum atomic E-state index is 5.96. The van der Waals surface area contributed by atoms with Crippen molar-refractivity contribution in [3.05, 3.63) is 21.3 Å². The summed E-state index contributed by atoms with van der Waals surface area (Å²) in [6.45, 7) is 5.76. The Balaban J connectivity index is 1.74. The van der Waals surface area contributed by atoms with E-state index < -0.39 is 0 Å². The number of hydrogen-bond acceptors (Lipinski definition) is 2. The second-order valence-electron chi connectivity index (χ2n) is 5.40. The van der Waals surface area contributed by atoms with Gasteiger partial charge in [0.2, 0.25) is 0 Å². The van der Waals surface area contributed by atoms with Gasteiger partial charge in [-0.3, -0.25) is 0 Å². The predicted octanol–water partition coefficient (Wildman–Crippen LogP) is 4.88. The average molecular weight is 272 g/mol. The first-order valence-corrected chi connectivity index (χ1v) is 7.83. The summed E-state index contributed by atoms with van der Waals surface area (Å²) in [4.78, 5) is 1.35. The lowest BCUT2D eigenvalue weighted by Crippen LogP contribution is -2.27. The van der Waals surface area contributed by atoms with Crippen LogP contribution in [0.4, 0.5) is 0 Å². The third-order valence-electron chi connectivity index (χ3n) is 3.87. The molecule has 0 radical (unpaired) electrons. The van der Waals surface area contributed by atoms with E-state index in [-0.39, 0.29) is 0 Å². The molecular formula is C14H22ClNS. The molecule has 1 aliphatic carbocycles. The van der Waals surface area contributed by atoms with Crippen LogP contribution in [-0.2, 0) is 0 Å². The highest BCUT2D eigenvalue weighted by molar-refractivity contribution is 7.16. The Labute approximate surface area is 114 Å². The van der Waals surface area contributed by atoms with Crippen molar-refractivity contribution in [3.8, 4) is 0 Å². The smallest absolute Gasteiger partial charge is 0.0931 e. The molecule has 0 aliphatic heterocycles. The maximum absolute atomic E-state index is 5.96. The molecule has 96 valence electrons. The fourth-order valence-corrected chi connectivity index (χ4v) is 3.63. The summed E-state index contributed by atoms with van der Waals surface area (Å²) in [5.74, 6) is 1.82. The Morgan fingerprint density at radius 3 is 2.65 bits per heavy atom. The zero-order valence-electron chi connectivity index (χ0n) is 10.7. The van der Waals surface area contributed by atoms with E-state index in [4.69, 9.17) is 11.6 Å². The van der Waals surface area contributed by atoms with Crippen LogP contribution in [0.1, 0.15) is 50.4 Å². The van der Waals surface area contributed by atoms with Crippen LogP contribution in [0.25, 0.3) is 0 Å². The molecule has 0 amide bonds. The van der Waals surface area contributed by atoms with Crippen LogP contribution in [0.5, 0.6) is 0 Å². The molecular weight excluding hydrogens is 250 g/mol. The summed E-state index contributed by atoms with van der Waals surface area (Å²) in [5, 5.41) is 3.65. The van der Waals surface area contributed by atoms with E-state index in [1.165, 1.54) is 30.6 Å². The van der Waals surface area contributed by atoms with Crippen molar-refractivity contribution >= 4 is 22.9 Å². The van der Waals surface area contributed by atoms with E-state index in [9.17, 15) is 0 Å². The largest absolute Gasteiger partial charge is 0.309 e.